The summed E-state index contributed by atoms with van der Waals surface area (Å²) in [4.78, 5) is 4.89. The van der Waals surface area contributed by atoms with Gasteiger partial charge in [0.2, 0.25) is 0 Å². The van der Waals surface area contributed by atoms with Crippen molar-refractivity contribution in [1.29, 1.82) is 10.5 Å². The van der Waals surface area contributed by atoms with Crippen LogP contribution < -0.4 is 9.80 Å². The summed E-state index contributed by atoms with van der Waals surface area (Å²) in [5.74, 6) is 0. The van der Waals surface area contributed by atoms with Crippen molar-refractivity contribution in [2.45, 2.75) is 25.3 Å². The van der Waals surface area contributed by atoms with Gasteiger partial charge in [0.15, 0.2) is 0 Å². The summed E-state index contributed by atoms with van der Waals surface area (Å²) in [6.45, 7) is 4.74. The fourth-order valence-electron chi connectivity index (χ4n) is 9.20. The third-order valence-electron chi connectivity index (χ3n) is 11.7. The average molecular weight is 717 g/mol. The van der Waals surface area contributed by atoms with Gasteiger partial charge in [-0.1, -0.05) is 129 Å². The van der Waals surface area contributed by atoms with Crippen molar-refractivity contribution in [3.63, 3.8) is 0 Å². The van der Waals surface area contributed by atoms with Crippen molar-refractivity contribution in [2.75, 3.05) is 9.80 Å². The van der Waals surface area contributed by atoms with Gasteiger partial charge in [-0.3, -0.25) is 0 Å². The Balaban J connectivity index is 1.25. The molecular formula is C52H36N4. The van der Waals surface area contributed by atoms with Crippen molar-refractivity contribution in [3.05, 3.63) is 198 Å². The van der Waals surface area contributed by atoms with Gasteiger partial charge in [0.1, 0.15) is 0 Å². The van der Waals surface area contributed by atoms with E-state index in [0.717, 1.165) is 39.3 Å². The Morgan fingerprint density at radius 2 is 1.11 bits per heavy atom. The van der Waals surface area contributed by atoms with Crippen LogP contribution in [0.2, 0.25) is 0 Å². The second kappa shape index (κ2) is 12.9. The summed E-state index contributed by atoms with van der Waals surface area (Å²) >= 11 is 0. The minimum atomic E-state index is -0.242. The van der Waals surface area contributed by atoms with Crippen LogP contribution in [-0.2, 0) is 5.41 Å². The second-order valence-corrected chi connectivity index (χ2v) is 15.2. The Hall–Kier alpha value is -7.40. The van der Waals surface area contributed by atoms with E-state index in [1.165, 1.54) is 43.7 Å². The molecule has 9 aromatic rings. The summed E-state index contributed by atoms with van der Waals surface area (Å²) < 4.78 is 0. The summed E-state index contributed by atoms with van der Waals surface area (Å²) in [5.41, 5.74) is 11.3. The molecule has 0 aromatic heterocycles. The maximum atomic E-state index is 9.60. The van der Waals surface area contributed by atoms with Crippen LogP contribution in [-0.4, -0.2) is 0 Å². The normalized spacial score (nSPS) is 14.5. The van der Waals surface area contributed by atoms with E-state index in [1.807, 2.05) is 42.5 Å². The van der Waals surface area contributed by atoms with Gasteiger partial charge >= 0.3 is 0 Å². The fraction of sp³-hybridized carbons (Fsp3) is 0.0769. The fourth-order valence-corrected chi connectivity index (χ4v) is 9.20. The monoisotopic (exact) mass is 716 g/mol. The highest BCUT2D eigenvalue weighted by Gasteiger charge is 2.47. The van der Waals surface area contributed by atoms with Gasteiger partial charge in [0.05, 0.1) is 40.7 Å². The third kappa shape index (κ3) is 5.04. The molecule has 1 atom stereocenters. The number of hydrogen-bond donors (Lipinski definition) is 0. The lowest BCUT2D eigenvalue weighted by molar-refractivity contribution is 0.449. The van der Waals surface area contributed by atoms with E-state index in [2.05, 4.69) is 169 Å². The van der Waals surface area contributed by atoms with Crippen molar-refractivity contribution in [1.82, 2.24) is 0 Å². The molecule has 0 amide bonds. The summed E-state index contributed by atoms with van der Waals surface area (Å²) in [6.07, 6.45) is 0. The quantitative estimate of drug-likeness (QED) is 0.161. The summed E-state index contributed by atoms with van der Waals surface area (Å²) in [5, 5.41) is 26.4. The lowest BCUT2D eigenvalue weighted by Gasteiger charge is -2.36. The zero-order valence-electron chi connectivity index (χ0n) is 31.1. The lowest BCUT2D eigenvalue weighted by atomic mass is 9.77. The predicted molar refractivity (Wildman–Crippen MR) is 230 cm³/mol. The van der Waals surface area contributed by atoms with Crippen LogP contribution >= 0.6 is 0 Å². The molecule has 1 aliphatic heterocycles. The SMILES string of the molecule is CC1(C)c2cccc(-c3ccc(C#N)cc3)c2N(c2ccc3ccc4c(N(c5ccccc5)c5ccc(C#N)cc5)ccc5ccc2c3c54)C1c1ccccc1. The minimum Gasteiger partial charge on any atom is -0.332 e. The van der Waals surface area contributed by atoms with E-state index in [-0.39, 0.29) is 11.5 Å². The third-order valence-corrected chi connectivity index (χ3v) is 11.7. The highest BCUT2D eigenvalue weighted by atomic mass is 15.2. The molecule has 4 heteroatoms. The Morgan fingerprint density at radius 1 is 0.536 bits per heavy atom. The van der Waals surface area contributed by atoms with E-state index in [0.29, 0.717) is 11.1 Å². The largest absolute Gasteiger partial charge is 0.332 e. The molecule has 264 valence electrons. The minimum absolute atomic E-state index is 0.0113. The first kappa shape index (κ1) is 33.2. The highest BCUT2D eigenvalue weighted by molar-refractivity contribution is 6.28. The molecule has 1 heterocycles. The molecule has 0 N–H and O–H groups in total. The Morgan fingerprint density at radius 3 is 1.79 bits per heavy atom. The Labute approximate surface area is 326 Å². The first-order chi connectivity index (χ1) is 27.5. The zero-order valence-corrected chi connectivity index (χ0v) is 31.1. The number of nitriles is 2. The van der Waals surface area contributed by atoms with E-state index in [1.54, 1.807) is 0 Å². The maximum absolute atomic E-state index is 9.60. The van der Waals surface area contributed by atoms with Gasteiger partial charge in [-0.2, -0.15) is 10.5 Å². The maximum Gasteiger partial charge on any atom is 0.0991 e. The van der Waals surface area contributed by atoms with Gasteiger partial charge in [0, 0.05) is 38.8 Å². The molecule has 0 fully saturated rings. The van der Waals surface area contributed by atoms with Crippen LogP contribution in [0.1, 0.15) is 42.1 Å². The topological polar surface area (TPSA) is 54.1 Å². The van der Waals surface area contributed by atoms with Crippen LogP contribution in [0.5, 0.6) is 0 Å². The molecule has 0 spiro atoms. The van der Waals surface area contributed by atoms with Crippen LogP contribution in [0.25, 0.3) is 43.4 Å². The second-order valence-electron chi connectivity index (χ2n) is 15.2. The van der Waals surface area contributed by atoms with Crippen LogP contribution in [0.15, 0.2) is 176 Å². The van der Waals surface area contributed by atoms with Gasteiger partial charge < -0.3 is 9.80 Å². The van der Waals surface area contributed by atoms with Crippen molar-refractivity contribution in [3.8, 4) is 23.3 Å². The lowest BCUT2D eigenvalue weighted by Crippen LogP contribution is -2.31. The predicted octanol–water partition coefficient (Wildman–Crippen LogP) is 13.6. The van der Waals surface area contributed by atoms with Gasteiger partial charge in [-0.05, 0) is 98.9 Å². The summed E-state index contributed by atoms with van der Waals surface area (Å²) in [6, 6.07) is 66.6. The number of hydrogen-bond acceptors (Lipinski definition) is 4. The summed E-state index contributed by atoms with van der Waals surface area (Å²) in [7, 11) is 0. The van der Waals surface area contributed by atoms with Gasteiger partial charge in [-0.25, -0.2) is 0 Å². The molecule has 10 rings (SSSR count). The Kier molecular flexibility index (Phi) is 7.63. The van der Waals surface area contributed by atoms with Crippen LogP contribution in [0, 0.1) is 22.7 Å². The standard InChI is InChI=1S/C52H36N4/c1-52(2)45-15-9-14-42(36-20-16-34(32-53)17-21-36)50(45)56(51(52)39-10-5-3-6-11-39)47-31-25-38-22-28-43-46(30-24-37-23-29-44(47)49(38)48(37)43)55(40-12-7-4-8-13-40)41-26-18-35(33-54)19-27-41/h3-31,51H,1-2H3. The van der Waals surface area contributed by atoms with E-state index in [9.17, 15) is 10.5 Å². The van der Waals surface area contributed by atoms with Crippen molar-refractivity contribution in [2.24, 2.45) is 0 Å². The van der Waals surface area contributed by atoms with Crippen LogP contribution in [0.4, 0.5) is 28.4 Å². The molecule has 0 bridgehead atoms. The van der Waals surface area contributed by atoms with E-state index < -0.39 is 0 Å². The molecule has 4 nitrogen and oxygen atoms in total. The average Bonchev–Trinajstić information content (AvgIpc) is 3.50. The van der Waals surface area contributed by atoms with Gasteiger partial charge in [-0.15, -0.1) is 0 Å². The number of anilines is 5. The van der Waals surface area contributed by atoms with Crippen molar-refractivity contribution >= 4 is 60.8 Å². The molecule has 0 saturated heterocycles. The molecule has 0 saturated carbocycles. The molecule has 1 aliphatic rings. The Bertz CT molecular complexity index is 3010. The first-order valence-corrected chi connectivity index (χ1v) is 19.0. The van der Waals surface area contributed by atoms with E-state index in [4.69, 9.17) is 0 Å². The molecule has 56 heavy (non-hydrogen) atoms. The molecular weight excluding hydrogens is 681 g/mol. The van der Waals surface area contributed by atoms with Crippen LogP contribution in [0.3, 0.4) is 0 Å². The zero-order chi connectivity index (χ0) is 38.0. The number of nitrogens with zero attached hydrogens (tertiary/aromatic N) is 4. The van der Waals surface area contributed by atoms with Gasteiger partial charge in [0.25, 0.3) is 0 Å². The number of para-hydroxylation sites is 2. The van der Waals surface area contributed by atoms with E-state index >= 15 is 0 Å². The molecule has 0 radical (unpaired) electrons. The molecule has 0 aliphatic carbocycles. The molecule has 9 aromatic carbocycles. The van der Waals surface area contributed by atoms with Crippen molar-refractivity contribution < 1.29 is 0 Å². The number of rotatable bonds is 6. The number of benzene rings is 9. The smallest absolute Gasteiger partial charge is 0.0991 e. The first-order valence-electron chi connectivity index (χ1n) is 19.0. The highest BCUT2D eigenvalue weighted by Crippen LogP contribution is 2.60. The molecule has 1 unspecified atom stereocenters. The number of fused-ring (bicyclic) bond motifs is 1.